The first-order chi connectivity index (χ1) is 9.24. The monoisotopic (exact) mass is 262 g/mol. The lowest BCUT2D eigenvalue weighted by atomic mass is 10.0. The number of hydrogen-bond acceptors (Lipinski definition) is 2. The van der Waals surface area contributed by atoms with Gasteiger partial charge in [-0.2, -0.15) is 0 Å². The van der Waals surface area contributed by atoms with Crippen molar-refractivity contribution in [2.24, 2.45) is 0 Å². The molecular formula is C17H26O2. The van der Waals surface area contributed by atoms with E-state index in [9.17, 15) is 4.79 Å². The molecule has 1 atom stereocenters. The molecule has 0 aromatic heterocycles. The summed E-state index contributed by atoms with van der Waals surface area (Å²) in [5.41, 5.74) is 1.22. The minimum absolute atomic E-state index is 0.0562. The molecule has 0 fully saturated rings. The van der Waals surface area contributed by atoms with E-state index < -0.39 is 0 Å². The van der Waals surface area contributed by atoms with Gasteiger partial charge in [-0.15, -0.1) is 0 Å². The Labute approximate surface area is 117 Å². The van der Waals surface area contributed by atoms with Gasteiger partial charge in [0.2, 0.25) is 0 Å². The van der Waals surface area contributed by atoms with Gasteiger partial charge in [0.25, 0.3) is 0 Å². The molecule has 1 aromatic carbocycles. The smallest absolute Gasteiger partial charge is 0.305 e. The minimum Gasteiger partial charge on any atom is -0.465 e. The number of hydrogen-bond donors (Lipinski definition) is 0. The van der Waals surface area contributed by atoms with E-state index in [2.05, 4.69) is 26.0 Å². The summed E-state index contributed by atoms with van der Waals surface area (Å²) in [7, 11) is 0. The summed E-state index contributed by atoms with van der Waals surface area (Å²) in [5.74, 6) is 0.213. The van der Waals surface area contributed by atoms with Crippen LogP contribution in [0, 0.1) is 0 Å². The zero-order valence-electron chi connectivity index (χ0n) is 12.2. The lowest BCUT2D eigenvalue weighted by Crippen LogP contribution is -2.10. The molecule has 0 radical (unpaired) electrons. The second-order valence-corrected chi connectivity index (χ2v) is 5.16. The van der Waals surface area contributed by atoms with Crippen LogP contribution in [0.3, 0.4) is 0 Å². The maximum Gasteiger partial charge on any atom is 0.305 e. The van der Waals surface area contributed by atoms with Crippen LogP contribution in [0.2, 0.25) is 0 Å². The molecule has 0 aliphatic carbocycles. The summed E-state index contributed by atoms with van der Waals surface area (Å²) < 4.78 is 5.33. The first kappa shape index (κ1) is 15.7. The van der Waals surface area contributed by atoms with Crippen LogP contribution in [0.25, 0.3) is 0 Å². The number of rotatable bonds is 9. The third-order valence-electron chi connectivity index (χ3n) is 3.35. The standard InChI is InChI=1S/C17H26O2/c1-3-4-5-6-10-13-17(18)19-14-15(2)16-11-8-7-9-12-16/h7-9,11-12,15H,3-6,10,13-14H2,1-2H3/t15-/m1/s1. The van der Waals surface area contributed by atoms with Gasteiger partial charge >= 0.3 is 5.97 Å². The second kappa shape index (κ2) is 9.60. The molecule has 106 valence electrons. The van der Waals surface area contributed by atoms with E-state index in [0.717, 1.165) is 12.8 Å². The molecule has 0 saturated carbocycles. The lowest BCUT2D eigenvalue weighted by Gasteiger charge is -2.12. The molecular weight excluding hydrogens is 236 g/mol. The fourth-order valence-electron chi connectivity index (χ4n) is 2.04. The second-order valence-electron chi connectivity index (χ2n) is 5.16. The van der Waals surface area contributed by atoms with Crippen molar-refractivity contribution in [3.63, 3.8) is 0 Å². The predicted molar refractivity (Wildman–Crippen MR) is 79.2 cm³/mol. The van der Waals surface area contributed by atoms with Crippen molar-refractivity contribution in [2.75, 3.05) is 6.61 Å². The molecule has 0 spiro atoms. The van der Waals surface area contributed by atoms with Gasteiger partial charge < -0.3 is 4.74 Å². The molecule has 0 aliphatic rings. The van der Waals surface area contributed by atoms with Crippen molar-refractivity contribution in [1.29, 1.82) is 0 Å². The first-order valence-corrected chi connectivity index (χ1v) is 7.44. The van der Waals surface area contributed by atoms with E-state index in [1.165, 1.54) is 24.8 Å². The molecule has 0 heterocycles. The number of carbonyl (C=O) groups excluding carboxylic acids is 1. The number of esters is 1. The maximum absolute atomic E-state index is 11.6. The Bertz CT molecular complexity index is 346. The Morgan fingerprint density at radius 2 is 1.79 bits per heavy atom. The van der Waals surface area contributed by atoms with Crippen LogP contribution in [-0.4, -0.2) is 12.6 Å². The van der Waals surface area contributed by atoms with Crippen LogP contribution in [0.5, 0.6) is 0 Å². The SMILES string of the molecule is CCCCCCCC(=O)OC[C@@H](C)c1ccccc1. The summed E-state index contributed by atoms with van der Waals surface area (Å²) in [6, 6.07) is 10.2. The topological polar surface area (TPSA) is 26.3 Å². The molecule has 1 rings (SSSR count). The Morgan fingerprint density at radius 3 is 2.47 bits per heavy atom. The highest BCUT2D eigenvalue weighted by molar-refractivity contribution is 5.69. The van der Waals surface area contributed by atoms with Gasteiger partial charge in [0.1, 0.15) is 0 Å². The number of carbonyl (C=O) groups is 1. The molecule has 0 saturated heterocycles. The Morgan fingerprint density at radius 1 is 1.11 bits per heavy atom. The fraction of sp³-hybridized carbons (Fsp3) is 0.588. The molecule has 0 N–H and O–H groups in total. The Kier molecular flexibility index (Phi) is 7.95. The van der Waals surface area contributed by atoms with Crippen molar-refractivity contribution in [3.8, 4) is 0 Å². The van der Waals surface area contributed by atoms with E-state index in [-0.39, 0.29) is 11.9 Å². The van der Waals surface area contributed by atoms with E-state index in [0.29, 0.717) is 13.0 Å². The van der Waals surface area contributed by atoms with Crippen LogP contribution in [0.4, 0.5) is 0 Å². The minimum atomic E-state index is -0.0562. The van der Waals surface area contributed by atoms with Gasteiger partial charge in [0, 0.05) is 12.3 Å². The lowest BCUT2D eigenvalue weighted by molar-refractivity contribution is -0.144. The summed E-state index contributed by atoms with van der Waals surface area (Å²) in [6.07, 6.45) is 6.38. The molecule has 1 aromatic rings. The summed E-state index contributed by atoms with van der Waals surface area (Å²) in [6.45, 7) is 4.76. The van der Waals surface area contributed by atoms with E-state index in [4.69, 9.17) is 4.74 Å². The van der Waals surface area contributed by atoms with Gasteiger partial charge in [-0.3, -0.25) is 4.79 Å². The number of benzene rings is 1. The quantitative estimate of drug-likeness (QED) is 0.476. The van der Waals surface area contributed by atoms with Gasteiger partial charge in [-0.1, -0.05) is 69.9 Å². The van der Waals surface area contributed by atoms with Crippen molar-refractivity contribution in [3.05, 3.63) is 35.9 Å². The molecule has 2 heteroatoms. The van der Waals surface area contributed by atoms with Gasteiger partial charge in [0.15, 0.2) is 0 Å². The Balaban J connectivity index is 2.13. The van der Waals surface area contributed by atoms with E-state index in [1.54, 1.807) is 0 Å². The average molecular weight is 262 g/mol. The zero-order valence-corrected chi connectivity index (χ0v) is 12.2. The largest absolute Gasteiger partial charge is 0.465 e. The normalized spacial score (nSPS) is 12.1. The average Bonchev–Trinajstić information content (AvgIpc) is 2.45. The molecule has 0 amide bonds. The van der Waals surface area contributed by atoms with Gasteiger partial charge in [-0.05, 0) is 12.0 Å². The van der Waals surface area contributed by atoms with Crippen LogP contribution in [0.15, 0.2) is 30.3 Å². The fourth-order valence-corrected chi connectivity index (χ4v) is 2.04. The Hall–Kier alpha value is -1.31. The van der Waals surface area contributed by atoms with Crippen LogP contribution < -0.4 is 0 Å². The third-order valence-corrected chi connectivity index (χ3v) is 3.35. The highest BCUT2D eigenvalue weighted by atomic mass is 16.5. The van der Waals surface area contributed by atoms with Crippen molar-refractivity contribution in [2.45, 2.75) is 58.3 Å². The third kappa shape index (κ3) is 7.00. The molecule has 0 aliphatic heterocycles. The summed E-state index contributed by atoms with van der Waals surface area (Å²) in [4.78, 5) is 11.6. The van der Waals surface area contributed by atoms with Crippen molar-refractivity contribution >= 4 is 5.97 Å². The van der Waals surface area contributed by atoms with Gasteiger partial charge in [-0.25, -0.2) is 0 Å². The van der Waals surface area contributed by atoms with Crippen LogP contribution in [0.1, 0.15) is 63.9 Å². The zero-order chi connectivity index (χ0) is 13.9. The molecule has 0 bridgehead atoms. The maximum atomic E-state index is 11.6. The first-order valence-electron chi connectivity index (χ1n) is 7.44. The molecule has 19 heavy (non-hydrogen) atoms. The van der Waals surface area contributed by atoms with Crippen molar-refractivity contribution < 1.29 is 9.53 Å². The summed E-state index contributed by atoms with van der Waals surface area (Å²) >= 11 is 0. The highest BCUT2D eigenvalue weighted by Gasteiger charge is 2.08. The number of ether oxygens (including phenoxy) is 1. The van der Waals surface area contributed by atoms with E-state index >= 15 is 0 Å². The molecule has 2 nitrogen and oxygen atoms in total. The summed E-state index contributed by atoms with van der Waals surface area (Å²) in [5, 5.41) is 0. The predicted octanol–water partition coefficient (Wildman–Crippen LogP) is 4.69. The molecule has 0 unspecified atom stereocenters. The van der Waals surface area contributed by atoms with Crippen molar-refractivity contribution in [1.82, 2.24) is 0 Å². The van der Waals surface area contributed by atoms with E-state index in [1.807, 2.05) is 18.2 Å². The van der Waals surface area contributed by atoms with Crippen LogP contribution in [-0.2, 0) is 9.53 Å². The van der Waals surface area contributed by atoms with Gasteiger partial charge in [0.05, 0.1) is 6.61 Å². The highest BCUT2D eigenvalue weighted by Crippen LogP contribution is 2.15. The number of unbranched alkanes of at least 4 members (excludes halogenated alkanes) is 4. The van der Waals surface area contributed by atoms with Crippen LogP contribution >= 0.6 is 0 Å².